The molecular weight excluding hydrogens is 440 g/mol. The summed E-state index contributed by atoms with van der Waals surface area (Å²) in [4.78, 5) is 16.8. The second kappa shape index (κ2) is 8.77. The second-order valence-corrected chi connectivity index (χ2v) is 10.0. The number of amides is 1. The van der Waals surface area contributed by atoms with Gasteiger partial charge >= 0.3 is 0 Å². The number of aryl methyl sites for hydroxylation is 1. The zero-order valence-electron chi connectivity index (χ0n) is 16.8. The molecule has 3 aromatic rings. The van der Waals surface area contributed by atoms with Crippen molar-refractivity contribution in [2.45, 2.75) is 28.6 Å². The molecule has 4 rings (SSSR count). The minimum atomic E-state index is -3.67. The number of aromatic nitrogens is 2. The first-order valence-corrected chi connectivity index (χ1v) is 12.1. The van der Waals surface area contributed by atoms with Crippen LogP contribution < -0.4 is 5.32 Å². The minimum Gasteiger partial charge on any atom is -0.506 e. The summed E-state index contributed by atoms with van der Waals surface area (Å²) >= 11 is 1.47. The summed E-state index contributed by atoms with van der Waals surface area (Å²) in [5.41, 5.74) is 0.00519. The Hall–Kier alpha value is -2.76. The predicted octanol–water partition coefficient (Wildman–Crippen LogP) is 3.05. The van der Waals surface area contributed by atoms with Gasteiger partial charge in [0.05, 0.1) is 16.3 Å². The number of anilines is 1. The van der Waals surface area contributed by atoms with E-state index < -0.39 is 15.9 Å². The molecule has 1 fully saturated rings. The van der Waals surface area contributed by atoms with Gasteiger partial charge in [0.15, 0.2) is 10.9 Å². The van der Waals surface area contributed by atoms with E-state index in [-0.39, 0.29) is 22.1 Å². The molecule has 0 bridgehead atoms. The van der Waals surface area contributed by atoms with Gasteiger partial charge in [0.2, 0.25) is 10.0 Å². The zero-order chi connectivity index (χ0) is 22.0. The van der Waals surface area contributed by atoms with Crippen molar-refractivity contribution in [3.63, 3.8) is 0 Å². The Labute approximate surface area is 184 Å². The molecule has 0 radical (unpaired) electrons. The van der Waals surface area contributed by atoms with Crippen molar-refractivity contribution in [2.75, 3.05) is 18.4 Å². The number of phenols is 1. The molecule has 1 aromatic carbocycles. The van der Waals surface area contributed by atoms with E-state index in [9.17, 15) is 18.3 Å². The Morgan fingerprint density at radius 2 is 2.03 bits per heavy atom. The summed E-state index contributed by atoms with van der Waals surface area (Å²) in [6.07, 6.45) is 5.18. The highest BCUT2D eigenvalue weighted by atomic mass is 32.2. The van der Waals surface area contributed by atoms with E-state index in [0.29, 0.717) is 24.6 Å². The molecule has 0 unspecified atom stereocenters. The Bertz CT molecular complexity index is 1200. The zero-order valence-corrected chi connectivity index (χ0v) is 18.4. The molecular formula is C20H22N4O5S2. The third-order valence-electron chi connectivity index (χ3n) is 4.92. The van der Waals surface area contributed by atoms with Gasteiger partial charge < -0.3 is 19.4 Å². The molecule has 1 aliphatic heterocycles. The van der Waals surface area contributed by atoms with Crippen molar-refractivity contribution >= 4 is 33.4 Å². The number of rotatable bonds is 7. The fourth-order valence-corrected chi connectivity index (χ4v) is 5.61. The summed E-state index contributed by atoms with van der Waals surface area (Å²) < 4.78 is 34.4. The van der Waals surface area contributed by atoms with Crippen LogP contribution in [0.25, 0.3) is 0 Å². The van der Waals surface area contributed by atoms with Crippen LogP contribution in [-0.2, 0) is 22.8 Å². The first kappa shape index (κ1) is 21.5. The fraction of sp³-hybridized carbons (Fsp3) is 0.300. The number of imidazole rings is 1. The smallest absolute Gasteiger partial charge is 0.291 e. The number of thioether (sulfide) groups is 1. The molecule has 3 heterocycles. The number of benzene rings is 1. The number of hydrogen-bond donors (Lipinski definition) is 2. The number of aromatic hydroxyl groups is 1. The van der Waals surface area contributed by atoms with Crippen molar-refractivity contribution < 1.29 is 22.7 Å². The minimum absolute atomic E-state index is 0.00519. The van der Waals surface area contributed by atoms with Crippen LogP contribution in [0.15, 0.2) is 57.2 Å². The van der Waals surface area contributed by atoms with Crippen LogP contribution in [0.2, 0.25) is 0 Å². The normalized spacial score (nSPS) is 14.7. The van der Waals surface area contributed by atoms with E-state index in [0.717, 1.165) is 18.0 Å². The first-order chi connectivity index (χ1) is 14.8. The highest BCUT2D eigenvalue weighted by molar-refractivity contribution is 7.98. The second-order valence-electron chi connectivity index (χ2n) is 7.12. The van der Waals surface area contributed by atoms with Gasteiger partial charge in [-0.25, -0.2) is 13.4 Å². The van der Waals surface area contributed by atoms with Crippen LogP contribution in [-0.4, -0.2) is 46.4 Å². The van der Waals surface area contributed by atoms with Gasteiger partial charge in [-0.15, -0.1) is 0 Å². The van der Waals surface area contributed by atoms with Gasteiger partial charge in [0.25, 0.3) is 5.91 Å². The lowest BCUT2D eigenvalue weighted by atomic mass is 10.3. The molecule has 31 heavy (non-hydrogen) atoms. The molecule has 0 aliphatic carbocycles. The Morgan fingerprint density at radius 3 is 2.74 bits per heavy atom. The van der Waals surface area contributed by atoms with E-state index >= 15 is 0 Å². The van der Waals surface area contributed by atoms with Crippen LogP contribution in [0.4, 0.5) is 5.69 Å². The number of hydrogen-bond acceptors (Lipinski definition) is 7. The third-order valence-corrected chi connectivity index (χ3v) is 7.90. The largest absolute Gasteiger partial charge is 0.506 e. The van der Waals surface area contributed by atoms with Crippen LogP contribution in [0.5, 0.6) is 5.75 Å². The van der Waals surface area contributed by atoms with Crippen LogP contribution in [0.1, 0.15) is 29.2 Å². The Balaban J connectivity index is 1.46. The summed E-state index contributed by atoms with van der Waals surface area (Å²) in [5.74, 6) is 0.327. The Morgan fingerprint density at radius 1 is 1.26 bits per heavy atom. The molecule has 2 N–H and O–H groups in total. The highest BCUT2D eigenvalue weighted by Crippen LogP contribution is 2.30. The first-order valence-electron chi connectivity index (χ1n) is 9.68. The van der Waals surface area contributed by atoms with Crippen LogP contribution in [0, 0.1) is 0 Å². The molecule has 11 heteroatoms. The average molecular weight is 463 g/mol. The van der Waals surface area contributed by atoms with Crippen molar-refractivity contribution in [1.29, 1.82) is 0 Å². The van der Waals surface area contributed by atoms with Gasteiger partial charge in [-0.05, 0) is 43.2 Å². The fourth-order valence-electron chi connectivity index (χ4n) is 3.24. The maximum absolute atomic E-state index is 12.8. The number of carbonyl (C=O) groups excluding carboxylic acids is 1. The topological polar surface area (TPSA) is 118 Å². The molecule has 9 nitrogen and oxygen atoms in total. The maximum Gasteiger partial charge on any atom is 0.291 e. The quantitative estimate of drug-likeness (QED) is 0.409. The SMILES string of the molecule is Cn1ccnc1SCc1ccc(C(=O)Nc2cc(S(=O)(=O)N3CCCC3)ccc2O)o1. The number of furan rings is 1. The molecule has 0 spiro atoms. The summed E-state index contributed by atoms with van der Waals surface area (Å²) in [7, 11) is -1.78. The van der Waals surface area contributed by atoms with E-state index in [1.807, 2.05) is 17.8 Å². The van der Waals surface area contributed by atoms with Gasteiger partial charge in [-0.1, -0.05) is 11.8 Å². The van der Waals surface area contributed by atoms with E-state index in [1.54, 1.807) is 12.3 Å². The Kier molecular flexibility index (Phi) is 6.08. The van der Waals surface area contributed by atoms with Gasteiger partial charge in [0.1, 0.15) is 11.5 Å². The van der Waals surface area contributed by atoms with Crippen molar-refractivity contribution in [2.24, 2.45) is 7.05 Å². The van der Waals surface area contributed by atoms with Gasteiger partial charge in [0, 0.05) is 32.5 Å². The molecule has 1 saturated heterocycles. The van der Waals surface area contributed by atoms with Crippen LogP contribution in [0.3, 0.4) is 0 Å². The highest BCUT2D eigenvalue weighted by Gasteiger charge is 2.28. The number of nitrogens with one attached hydrogen (secondary N) is 1. The summed E-state index contributed by atoms with van der Waals surface area (Å²) in [5, 5.41) is 13.5. The van der Waals surface area contributed by atoms with E-state index in [4.69, 9.17) is 4.42 Å². The van der Waals surface area contributed by atoms with Gasteiger partial charge in [-0.3, -0.25) is 4.79 Å². The summed E-state index contributed by atoms with van der Waals surface area (Å²) in [6.45, 7) is 0.937. The monoisotopic (exact) mass is 462 g/mol. The average Bonchev–Trinajstić information content (AvgIpc) is 3.50. The molecule has 0 saturated carbocycles. The number of nitrogens with zero attached hydrogens (tertiary/aromatic N) is 3. The molecule has 2 aromatic heterocycles. The molecule has 1 aliphatic rings. The third kappa shape index (κ3) is 4.63. The number of carbonyl (C=O) groups is 1. The van der Waals surface area contributed by atoms with Crippen molar-refractivity contribution in [3.8, 4) is 5.75 Å². The predicted molar refractivity (Wildman–Crippen MR) is 116 cm³/mol. The lowest BCUT2D eigenvalue weighted by molar-refractivity contribution is 0.0995. The standard InChI is InChI=1S/C20H22N4O5S2/c1-23-11-8-21-20(23)30-13-14-4-7-18(29-14)19(26)22-16-12-15(5-6-17(16)25)31(27,28)24-9-2-3-10-24/h4-8,11-12,25H,2-3,9-10,13H2,1H3,(H,22,26). The number of sulfonamides is 1. The molecule has 0 atom stereocenters. The van der Waals surface area contributed by atoms with Crippen molar-refractivity contribution in [3.05, 3.63) is 54.2 Å². The van der Waals surface area contributed by atoms with E-state index in [2.05, 4.69) is 10.3 Å². The molecule has 1 amide bonds. The van der Waals surface area contributed by atoms with Crippen molar-refractivity contribution in [1.82, 2.24) is 13.9 Å². The van der Waals surface area contributed by atoms with Crippen LogP contribution >= 0.6 is 11.8 Å². The lowest BCUT2D eigenvalue weighted by Gasteiger charge is -2.16. The number of phenolic OH excluding ortho intramolecular Hbond substituents is 1. The summed E-state index contributed by atoms with van der Waals surface area (Å²) in [6, 6.07) is 7.08. The maximum atomic E-state index is 12.8. The van der Waals surface area contributed by atoms with Gasteiger partial charge in [-0.2, -0.15) is 4.31 Å². The lowest BCUT2D eigenvalue weighted by Crippen LogP contribution is -2.27. The van der Waals surface area contributed by atoms with E-state index in [1.165, 1.54) is 40.3 Å². The molecule has 164 valence electrons.